The minimum Gasteiger partial charge on any atom is -0.293 e. The molecule has 142 valence electrons. The molecule has 0 saturated carbocycles. The number of nitrogens with one attached hydrogen (secondary N) is 2. The van der Waals surface area contributed by atoms with Crippen LogP contribution >= 0.6 is 0 Å². The maximum atomic E-state index is 12.1. The third-order valence-electron chi connectivity index (χ3n) is 3.64. The number of rotatable bonds is 10. The molecular weight excluding hydrogens is 374 g/mol. The van der Waals surface area contributed by atoms with Gasteiger partial charge in [0, 0.05) is 13.1 Å². The van der Waals surface area contributed by atoms with Gasteiger partial charge in [-0.1, -0.05) is 36.4 Å². The van der Waals surface area contributed by atoms with Gasteiger partial charge in [0.05, 0.1) is 16.5 Å². The van der Waals surface area contributed by atoms with Crippen LogP contribution in [0.3, 0.4) is 0 Å². The van der Waals surface area contributed by atoms with Gasteiger partial charge in [0.15, 0.2) is 0 Å². The number of sulfonamides is 2. The van der Waals surface area contributed by atoms with E-state index in [4.69, 9.17) is 0 Å². The topological polar surface area (TPSA) is 95.6 Å². The van der Waals surface area contributed by atoms with Crippen molar-refractivity contribution in [2.75, 3.05) is 26.8 Å². The van der Waals surface area contributed by atoms with Crippen molar-refractivity contribution in [2.24, 2.45) is 0 Å². The molecule has 0 atom stereocenters. The van der Waals surface area contributed by atoms with Crippen LogP contribution in [0.1, 0.15) is 6.42 Å². The van der Waals surface area contributed by atoms with Crippen molar-refractivity contribution in [3.05, 3.63) is 60.7 Å². The summed E-state index contributed by atoms with van der Waals surface area (Å²) in [5, 5.41) is 0. The first kappa shape index (κ1) is 20.5. The second-order valence-electron chi connectivity index (χ2n) is 5.76. The van der Waals surface area contributed by atoms with Crippen LogP contribution in [0.4, 0.5) is 0 Å². The standard InChI is InChI=1S/C17H23N3O4S2/c1-20(15-19-26(23,24)17-11-6-3-7-12-17)14-8-13-18-25(21,22)16-9-4-2-5-10-16/h2-7,9-12,18-19H,8,13-15H2,1H3. The predicted octanol–water partition coefficient (Wildman–Crippen LogP) is 1.22. The molecule has 0 amide bonds. The molecule has 2 rings (SSSR count). The van der Waals surface area contributed by atoms with Crippen molar-refractivity contribution in [3.63, 3.8) is 0 Å². The molecule has 26 heavy (non-hydrogen) atoms. The SMILES string of the molecule is CN(CCCNS(=O)(=O)c1ccccc1)CNS(=O)(=O)c1ccccc1. The zero-order valence-corrected chi connectivity index (χ0v) is 16.1. The van der Waals surface area contributed by atoms with Gasteiger partial charge in [-0.3, -0.25) is 4.90 Å². The molecule has 0 unspecified atom stereocenters. The summed E-state index contributed by atoms with van der Waals surface area (Å²) < 4.78 is 53.5. The Bertz CT molecular complexity index is 886. The summed E-state index contributed by atoms with van der Waals surface area (Å²) in [5.74, 6) is 0. The van der Waals surface area contributed by atoms with Gasteiger partial charge in [-0.25, -0.2) is 21.6 Å². The van der Waals surface area contributed by atoms with Crippen molar-refractivity contribution < 1.29 is 16.8 Å². The molecule has 7 nitrogen and oxygen atoms in total. The molecule has 0 fully saturated rings. The molecule has 0 aliphatic heterocycles. The normalized spacial score (nSPS) is 12.4. The van der Waals surface area contributed by atoms with Crippen LogP contribution in [0.25, 0.3) is 0 Å². The zero-order valence-electron chi connectivity index (χ0n) is 14.5. The van der Waals surface area contributed by atoms with Gasteiger partial charge in [-0.2, -0.15) is 4.72 Å². The van der Waals surface area contributed by atoms with Gasteiger partial charge >= 0.3 is 0 Å². The Kier molecular flexibility index (Phi) is 7.30. The lowest BCUT2D eigenvalue weighted by Crippen LogP contribution is -2.36. The zero-order chi connectivity index (χ0) is 19.0. The largest absolute Gasteiger partial charge is 0.293 e. The average molecular weight is 398 g/mol. The van der Waals surface area contributed by atoms with Crippen LogP contribution < -0.4 is 9.44 Å². The van der Waals surface area contributed by atoms with E-state index in [1.165, 1.54) is 24.3 Å². The summed E-state index contributed by atoms with van der Waals surface area (Å²) in [5.41, 5.74) is 0. The fourth-order valence-corrected chi connectivity index (χ4v) is 4.36. The lowest BCUT2D eigenvalue weighted by Gasteiger charge is -2.17. The molecule has 2 aromatic carbocycles. The molecule has 0 aromatic heterocycles. The Hall–Kier alpha value is -1.78. The first-order chi connectivity index (χ1) is 12.3. The van der Waals surface area contributed by atoms with Gasteiger partial charge in [0.1, 0.15) is 0 Å². The Morgan fingerprint density at radius 2 is 1.23 bits per heavy atom. The Morgan fingerprint density at radius 3 is 1.73 bits per heavy atom. The van der Waals surface area contributed by atoms with Crippen molar-refractivity contribution in [2.45, 2.75) is 16.2 Å². The van der Waals surface area contributed by atoms with Gasteiger partial charge in [0.25, 0.3) is 0 Å². The minimum absolute atomic E-state index is 0.142. The first-order valence-corrected chi connectivity index (χ1v) is 11.1. The van der Waals surface area contributed by atoms with Crippen LogP contribution in [0.2, 0.25) is 0 Å². The maximum absolute atomic E-state index is 12.1. The third-order valence-corrected chi connectivity index (χ3v) is 6.52. The molecule has 0 aliphatic carbocycles. The second kappa shape index (κ2) is 9.24. The van der Waals surface area contributed by atoms with E-state index in [1.54, 1.807) is 48.3 Å². The predicted molar refractivity (Wildman–Crippen MR) is 101 cm³/mol. The quantitative estimate of drug-likeness (QED) is 0.464. The van der Waals surface area contributed by atoms with E-state index >= 15 is 0 Å². The molecule has 0 saturated heterocycles. The van der Waals surface area contributed by atoms with Gasteiger partial charge in [-0.15, -0.1) is 0 Å². The van der Waals surface area contributed by atoms with E-state index < -0.39 is 20.0 Å². The molecule has 2 N–H and O–H groups in total. The van der Waals surface area contributed by atoms with Gasteiger partial charge in [-0.05, 0) is 37.7 Å². The lowest BCUT2D eigenvalue weighted by atomic mass is 10.4. The summed E-state index contributed by atoms with van der Waals surface area (Å²) in [6.45, 7) is 0.949. The van der Waals surface area contributed by atoms with Crippen LogP contribution in [0.15, 0.2) is 70.5 Å². The molecule has 0 heterocycles. The summed E-state index contributed by atoms with van der Waals surface area (Å²) >= 11 is 0. The first-order valence-electron chi connectivity index (χ1n) is 8.09. The number of hydrogen-bond acceptors (Lipinski definition) is 5. The van der Waals surface area contributed by atoms with Crippen LogP contribution in [-0.2, 0) is 20.0 Å². The Morgan fingerprint density at radius 1 is 0.769 bits per heavy atom. The molecule has 9 heteroatoms. The summed E-state index contributed by atoms with van der Waals surface area (Å²) in [4.78, 5) is 2.21. The van der Waals surface area contributed by atoms with E-state index in [2.05, 4.69) is 9.44 Å². The minimum atomic E-state index is -3.55. The van der Waals surface area contributed by atoms with E-state index in [-0.39, 0.29) is 23.0 Å². The highest BCUT2D eigenvalue weighted by atomic mass is 32.2. The maximum Gasteiger partial charge on any atom is 0.241 e. The average Bonchev–Trinajstić information content (AvgIpc) is 2.65. The summed E-state index contributed by atoms with van der Waals surface area (Å²) in [6, 6.07) is 16.3. The van der Waals surface area contributed by atoms with Gasteiger partial charge in [0.2, 0.25) is 20.0 Å². The van der Waals surface area contributed by atoms with Gasteiger partial charge < -0.3 is 0 Å². The Balaban J connectivity index is 1.73. The van der Waals surface area contributed by atoms with E-state index in [1.807, 2.05) is 0 Å². The van der Waals surface area contributed by atoms with Crippen molar-refractivity contribution in [1.82, 2.24) is 14.3 Å². The van der Waals surface area contributed by atoms with Crippen LogP contribution in [0.5, 0.6) is 0 Å². The third kappa shape index (κ3) is 6.19. The highest BCUT2D eigenvalue weighted by Gasteiger charge is 2.14. The molecular formula is C17H23N3O4S2. The fraction of sp³-hybridized carbons (Fsp3) is 0.294. The highest BCUT2D eigenvalue weighted by molar-refractivity contribution is 7.89. The smallest absolute Gasteiger partial charge is 0.241 e. The van der Waals surface area contributed by atoms with E-state index in [9.17, 15) is 16.8 Å². The van der Waals surface area contributed by atoms with Crippen LogP contribution in [0, 0.1) is 0 Å². The number of nitrogens with zero attached hydrogens (tertiary/aromatic N) is 1. The fourth-order valence-electron chi connectivity index (χ4n) is 2.20. The lowest BCUT2D eigenvalue weighted by molar-refractivity contribution is 0.325. The summed E-state index contributed by atoms with van der Waals surface area (Å²) in [6.07, 6.45) is 0.551. The van der Waals surface area contributed by atoms with E-state index in [0.29, 0.717) is 13.0 Å². The molecule has 0 aliphatic rings. The number of benzene rings is 2. The molecule has 0 spiro atoms. The monoisotopic (exact) mass is 397 g/mol. The number of hydrogen-bond donors (Lipinski definition) is 2. The summed E-state index contributed by atoms with van der Waals surface area (Å²) in [7, 11) is -5.30. The van der Waals surface area contributed by atoms with Crippen molar-refractivity contribution >= 4 is 20.0 Å². The van der Waals surface area contributed by atoms with Crippen molar-refractivity contribution in [3.8, 4) is 0 Å². The van der Waals surface area contributed by atoms with Crippen molar-refractivity contribution in [1.29, 1.82) is 0 Å². The molecule has 2 aromatic rings. The molecule has 0 radical (unpaired) electrons. The Labute approximate surface area is 155 Å². The van der Waals surface area contributed by atoms with Crippen LogP contribution in [-0.4, -0.2) is 48.5 Å². The van der Waals surface area contributed by atoms with E-state index in [0.717, 1.165) is 0 Å². The highest BCUT2D eigenvalue weighted by Crippen LogP contribution is 2.08. The molecule has 0 bridgehead atoms. The second-order valence-corrected chi connectivity index (χ2v) is 9.30.